The minimum atomic E-state index is -0.725. The van der Waals surface area contributed by atoms with Crippen molar-refractivity contribution in [2.45, 2.75) is 39.7 Å². The Balaban J connectivity index is 1.72. The Kier molecular flexibility index (Phi) is 8.42. The van der Waals surface area contributed by atoms with Crippen LogP contribution < -0.4 is 5.32 Å². The molecule has 6 nitrogen and oxygen atoms in total. The van der Waals surface area contributed by atoms with Gasteiger partial charge in [-0.05, 0) is 30.7 Å². The third-order valence-corrected chi connectivity index (χ3v) is 4.33. The lowest BCUT2D eigenvalue weighted by Crippen LogP contribution is -2.34. The summed E-state index contributed by atoms with van der Waals surface area (Å²) < 4.78 is 5.61. The van der Waals surface area contributed by atoms with Gasteiger partial charge >= 0.3 is 6.09 Å². The molecule has 1 heterocycles. The SMILES string of the molecule is CC(C)(C)C(OC(=O)N(O)CCCNCCc1ccccn1)c1ccccc1. The van der Waals surface area contributed by atoms with Crippen molar-refractivity contribution in [3.8, 4) is 0 Å². The molecule has 0 saturated heterocycles. The lowest BCUT2D eigenvalue weighted by Gasteiger charge is -2.31. The molecule has 0 spiro atoms. The van der Waals surface area contributed by atoms with Crippen molar-refractivity contribution in [2.24, 2.45) is 5.41 Å². The number of hydrogen-bond donors (Lipinski definition) is 2. The molecule has 1 atom stereocenters. The maximum atomic E-state index is 12.3. The summed E-state index contributed by atoms with van der Waals surface area (Å²) in [7, 11) is 0. The zero-order valence-electron chi connectivity index (χ0n) is 17.0. The van der Waals surface area contributed by atoms with E-state index in [9.17, 15) is 10.0 Å². The molecular weight excluding hydrogens is 354 g/mol. The number of amides is 1. The molecule has 0 aliphatic heterocycles. The van der Waals surface area contributed by atoms with E-state index in [2.05, 4.69) is 10.3 Å². The first-order valence-corrected chi connectivity index (χ1v) is 9.70. The van der Waals surface area contributed by atoms with Crippen molar-refractivity contribution < 1.29 is 14.7 Å². The molecule has 0 fully saturated rings. The van der Waals surface area contributed by atoms with Gasteiger partial charge in [0.15, 0.2) is 0 Å². The molecule has 2 aromatic rings. The fraction of sp³-hybridized carbons (Fsp3) is 0.455. The monoisotopic (exact) mass is 385 g/mol. The fourth-order valence-corrected chi connectivity index (χ4v) is 2.87. The first-order valence-electron chi connectivity index (χ1n) is 9.70. The summed E-state index contributed by atoms with van der Waals surface area (Å²) >= 11 is 0. The van der Waals surface area contributed by atoms with Crippen LogP contribution in [0.25, 0.3) is 0 Å². The smallest absolute Gasteiger partial charge is 0.434 e. The zero-order valence-corrected chi connectivity index (χ0v) is 17.0. The summed E-state index contributed by atoms with van der Waals surface area (Å²) in [5.41, 5.74) is 1.66. The minimum Gasteiger partial charge on any atom is -0.439 e. The molecule has 6 heteroatoms. The Morgan fingerprint density at radius 3 is 2.50 bits per heavy atom. The maximum absolute atomic E-state index is 12.3. The van der Waals surface area contributed by atoms with Gasteiger partial charge in [0.2, 0.25) is 0 Å². The number of nitrogens with one attached hydrogen (secondary N) is 1. The van der Waals surface area contributed by atoms with Gasteiger partial charge in [-0.2, -0.15) is 5.06 Å². The molecule has 0 saturated carbocycles. The molecular formula is C22H31N3O3. The largest absolute Gasteiger partial charge is 0.439 e. The highest BCUT2D eigenvalue weighted by molar-refractivity contribution is 5.66. The Morgan fingerprint density at radius 2 is 1.86 bits per heavy atom. The molecule has 0 radical (unpaired) electrons. The zero-order chi connectivity index (χ0) is 20.4. The van der Waals surface area contributed by atoms with Crippen LogP contribution in [0.15, 0.2) is 54.7 Å². The van der Waals surface area contributed by atoms with Crippen LogP contribution >= 0.6 is 0 Å². The average Bonchev–Trinajstić information content (AvgIpc) is 2.69. The van der Waals surface area contributed by atoms with Gasteiger partial charge in [0.1, 0.15) is 6.10 Å². The van der Waals surface area contributed by atoms with E-state index >= 15 is 0 Å². The molecule has 0 aliphatic carbocycles. The number of hydrogen-bond acceptors (Lipinski definition) is 5. The van der Waals surface area contributed by atoms with Gasteiger partial charge in [-0.1, -0.05) is 57.2 Å². The Hall–Kier alpha value is -2.44. The van der Waals surface area contributed by atoms with Crippen molar-refractivity contribution in [1.29, 1.82) is 0 Å². The average molecular weight is 386 g/mol. The van der Waals surface area contributed by atoms with Crippen molar-refractivity contribution in [2.75, 3.05) is 19.6 Å². The highest BCUT2D eigenvalue weighted by Crippen LogP contribution is 2.36. The van der Waals surface area contributed by atoms with E-state index in [-0.39, 0.29) is 12.0 Å². The summed E-state index contributed by atoms with van der Waals surface area (Å²) in [6.07, 6.45) is 2.09. The van der Waals surface area contributed by atoms with Crippen LogP contribution in [-0.2, 0) is 11.2 Å². The molecule has 1 aromatic heterocycles. The van der Waals surface area contributed by atoms with Crippen molar-refractivity contribution in [3.05, 3.63) is 66.0 Å². The third-order valence-electron chi connectivity index (χ3n) is 4.33. The van der Waals surface area contributed by atoms with Gasteiger partial charge in [-0.3, -0.25) is 10.2 Å². The summed E-state index contributed by atoms with van der Waals surface area (Å²) in [6, 6.07) is 15.5. The molecule has 1 amide bonds. The van der Waals surface area contributed by atoms with Gasteiger partial charge < -0.3 is 10.1 Å². The van der Waals surface area contributed by atoms with Gasteiger partial charge in [-0.25, -0.2) is 4.79 Å². The van der Waals surface area contributed by atoms with E-state index in [0.717, 1.165) is 24.2 Å². The number of nitrogens with zero attached hydrogens (tertiary/aromatic N) is 2. The van der Waals surface area contributed by atoms with E-state index in [0.29, 0.717) is 18.0 Å². The molecule has 2 rings (SSSR count). The molecule has 0 bridgehead atoms. The Morgan fingerprint density at radius 1 is 1.14 bits per heavy atom. The van der Waals surface area contributed by atoms with Crippen molar-refractivity contribution in [1.82, 2.24) is 15.4 Å². The van der Waals surface area contributed by atoms with Crippen LogP contribution in [-0.4, -0.2) is 41.0 Å². The number of ether oxygens (including phenoxy) is 1. The van der Waals surface area contributed by atoms with E-state index in [1.165, 1.54) is 0 Å². The van der Waals surface area contributed by atoms with Crippen LogP contribution in [0.3, 0.4) is 0 Å². The molecule has 152 valence electrons. The van der Waals surface area contributed by atoms with E-state index in [1.807, 2.05) is 69.3 Å². The topological polar surface area (TPSA) is 74.7 Å². The lowest BCUT2D eigenvalue weighted by molar-refractivity contribution is -0.0959. The van der Waals surface area contributed by atoms with Gasteiger partial charge in [-0.15, -0.1) is 0 Å². The van der Waals surface area contributed by atoms with Crippen molar-refractivity contribution >= 4 is 6.09 Å². The normalized spacial score (nSPS) is 12.4. The molecule has 28 heavy (non-hydrogen) atoms. The van der Waals surface area contributed by atoms with E-state index in [4.69, 9.17) is 4.74 Å². The molecule has 1 unspecified atom stereocenters. The molecule has 0 aliphatic rings. The molecule has 2 N–H and O–H groups in total. The summed E-state index contributed by atoms with van der Waals surface area (Å²) in [5.74, 6) is 0. The second-order valence-electron chi connectivity index (χ2n) is 7.84. The van der Waals surface area contributed by atoms with Crippen LogP contribution in [0, 0.1) is 5.41 Å². The standard InChI is InChI=1S/C22H31N3O3/c1-22(2,3)20(18-10-5-4-6-11-18)28-21(26)25(27)17-9-14-23-16-13-19-12-7-8-15-24-19/h4-8,10-12,15,20,23,27H,9,13-14,16-17H2,1-3H3. The summed E-state index contributed by atoms with van der Waals surface area (Å²) in [4.78, 5) is 16.6. The maximum Gasteiger partial charge on any atom is 0.434 e. The van der Waals surface area contributed by atoms with Crippen LogP contribution in [0.5, 0.6) is 0 Å². The number of pyridine rings is 1. The number of aromatic nitrogens is 1. The van der Waals surface area contributed by atoms with Gasteiger partial charge in [0.25, 0.3) is 0 Å². The first-order chi connectivity index (χ1) is 13.4. The minimum absolute atomic E-state index is 0.209. The van der Waals surface area contributed by atoms with E-state index < -0.39 is 12.2 Å². The summed E-state index contributed by atoms with van der Waals surface area (Å²) in [5, 5.41) is 14.0. The number of carbonyl (C=O) groups excluding carboxylic acids is 1. The van der Waals surface area contributed by atoms with Gasteiger partial charge in [0, 0.05) is 30.3 Å². The number of hydroxylamine groups is 2. The lowest BCUT2D eigenvalue weighted by atomic mass is 9.84. The summed E-state index contributed by atoms with van der Waals surface area (Å²) in [6.45, 7) is 7.72. The van der Waals surface area contributed by atoms with Crippen LogP contribution in [0.4, 0.5) is 4.79 Å². The number of carbonyl (C=O) groups is 1. The predicted molar refractivity (Wildman–Crippen MR) is 109 cm³/mol. The van der Waals surface area contributed by atoms with Crippen LogP contribution in [0.1, 0.15) is 44.6 Å². The Labute approximate surface area is 167 Å². The predicted octanol–water partition coefficient (Wildman–Crippen LogP) is 4.22. The Bertz CT molecular complexity index is 702. The molecule has 1 aromatic carbocycles. The van der Waals surface area contributed by atoms with E-state index in [1.54, 1.807) is 6.20 Å². The second kappa shape index (κ2) is 10.8. The van der Waals surface area contributed by atoms with Crippen LogP contribution in [0.2, 0.25) is 0 Å². The highest BCUT2D eigenvalue weighted by atomic mass is 16.6. The van der Waals surface area contributed by atoms with Crippen molar-refractivity contribution in [3.63, 3.8) is 0 Å². The number of benzene rings is 1. The van der Waals surface area contributed by atoms with Gasteiger partial charge in [0.05, 0.1) is 6.54 Å². The first kappa shape index (κ1) is 21.9. The highest BCUT2D eigenvalue weighted by Gasteiger charge is 2.31. The number of rotatable bonds is 9. The third kappa shape index (κ3) is 7.29. The quantitative estimate of drug-likeness (QED) is 0.384. The second-order valence-corrected chi connectivity index (χ2v) is 7.84. The fourth-order valence-electron chi connectivity index (χ4n) is 2.87.